The zero-order chi connectivity index (χ0) is 17.0. The van der Waals surface area contributed by atoms with Crippen LogP contribution in [0.2, 0.25) is 10.0 Å². The zero-order valence-corrected chi connectivity index (χ0v) is 13.9. The number of carboxylic acids is 1. The van der Waals surface area contributed by atoms with E-state index < -0.39 is 5.97 Å². The Morgan fingerprint density at radius 2 is 1.96 bits per heavy atom. The molecule has 0 saturated carbocycles. The lowest BCUT2D eigenvalue weighted by molar-refractivity contribution is -0.121. The number of furan rings is 1. The smallest absolute Gasteiger partial charge is 0.339 e. The number of nitrogens with one attached hydrogen (secondary N) is 1. The number of carbonyl (C=O) groups is 2. The van der Waals surface area contributed by atoms with Gasteiger partial charge in [0.2, 0.25) is 5.91 Å². The van der Waals surface area contributed by atoms with Crippen molar-refractivity contribution in [3.05, 3.63) is 57.0 Å². The third kappa shape index (κ3) is 4.74. The predicted molar refractivity (Wildman–Crippen MR) is 87.0 cm³/mol. The molecule has 2 aromatic rings. The van der Waals surface area contributed by atoms with Crippen LogP contribution in [0.5, 0.6) is 0 Å². The third-order valence-electron chi connectivity index (χ3n) is 3.28. The first kappa shape index (κ1) is 17.4. The molecule has 0 aliphatic rings. The molecule has 2 rings (SSSR count). The van der Waals surface area contributed by atoms with Crippen LogP contribution >= 0.6 is 23.2 Å². The molecule has 2 N–H and O–H groups in total. The second-order valence-electron chi connectivity index (χ2n) is 5.01. The predicted octanol–water partition coefficient (Wildman–Crippen LogP) is 3.84. The number of carbonyl (C=O) groups excluding carboxylic acids is 1. The lowest BCUT2D eigenvalue weighted by Crippen LogP contribution is -2.22. The van der Waals surface area contributed by atoms with Gasteiger partial charge in [0.15, 0.2) is 0 Å². The molecule has 0 atom stereocenters. The van der Waals surface area contributed by atoms with E-state index in [-0.39, 0.29) is 24.4 Å². The largest absolute Gasteiger partial charge is 0.478 e. The van der Waals surface area contributed by atoms with Crippen LogP contribution in [0.3, 0.4) is 0 Å². The average molecular weight is 356 g/mol. The Hall–Kier alpha value is -1.98. The van der Waals surface area contributed by atoms with Gasteiger partial charge in [0, 0.05) is 6.42 Å². The van der Waals surface area contributed by atoms with Gasteiger partial charge in [0.1, 0.15) is 17.1 Å². The Morgan fingerprint density at radius 1 is 1.22 bits per heavy atom. The van der Waals surface area contributed by atoms with E-state index in [0.29, 0.717) is 28.0 Å². The molecule has 0 unspecified atom stereocenters. The number of amides is 1. The van der Waals surface area contributed by atoms with Crippen LogP contribution < -0.4 is 5.32 Å². The van der Waals surface area contributed by atoms with Crippen molar-refractivity contribution < 1.29 is 19.1 Å². The van der Waals surface area contributed by atoms with Gasteiger partial charge in [0.25, 0.3) is 0 Å². The van der Waals surface area contributed by atoms with Crippen LogP contribution in [0.1, 0.15) is 33.9 Å². The van der Waals surface area contributed by atoms with Crippen LogP contribution in [0.4, 0.5) is 0 Å². The van der Waals surface area contributed by atoms with Crippen LogP contribution in [0.15, 0.2) is 28.7 Å². The monoisotopic (exact) mass is 355 g/mol. The highest BCUT2D eigenvalue weighted by Crippen LogP contribution is 2.23. The van der Waals surface area contributed by atoms with Crippen LogP contribution in [-0.4, -0.2) is 17.0 Å². The van der Waals surface area contributed by atoms with Gasteiger partial charge in [-0.05, 0) is 37.1 Å². The van der Waals surface area contributed by atoms with E-state index >= 15 is 0 Å². The van der Waals surface area contributed by atoms with Crippen molar-refractivity contribution in [2.75, 3.05) is 0 Å². The van der Waals surface area contributed by atoms with Gasteiger partial charge in [-0.15, -0.1) is 0 Å². The minimum atomic E-state index is -1.05. The summed E-state index contributed by atoms with van der Waals surface area (Å²) >= 11 is 11.8. The molecule has 0 saturated heterocycles. The Labute approximate surface area is 143 Å². The van der Waals surface area contributed by atoms with Crippen molar-refractivity contribution in [3.8, 4) is 0 Å². The molecule has 1 heterocycles. The van der Waals surface area contributed by atoms with Gasteiger partial charge in [0.05, 0.1) is 16.6 Å². The van der Waals surface area contributed by atoms with Gasteiger partial charge in [-0.3, -0.25) is 4.79 Å². The van der Waals surface area contributed by atoms with Crippen molar-refractivity contribution >= 4 is 35.1 Å². The van der Waals surface area contributed by atoms with E-state index in [1.54, 1.807) is 19.1 Å². The molecular formula is C16H15Cl2NO4. The highest BCUT2D eigenvalue weighted by molar-refractivity contribution is 6.42. The van der Waals surface area contributed by atoms with Gasteiger partial charge in [-0.25, -0.2) is 4.79 Å². The molecule has 0 aliphatic carbocycles. The Balaban J connectivity index is 1.84. The molecule has 0 bridgehead atoms. The minimum absolute atomic E-state index is 0.102. The van der Waals surface area contributed by atoms with Crippen molar-refractivity contribution in [1.29, 1.82) is 0 Å². The number of rotatable bonds is 6. The molecule has 23 heavy (non-hydrogen) atoms. The molecular weight excluding hydrogens is 341 g/mol. The van der Waals surface area contributed by atoms with E-state index in [9.17, 15) is 9.59 Å². The fourth-order valence-electron chi connectivity index (χ4n) is 2.07. The summed E-state index contributed by atoms with van der Waals surface area (Å²) in [5.41, 5.74) is 1.02. The Bertz CT molecular complexity index is 740. The molecule has 0 aliphatic heterocycles. The number of benzene rings is 1. The lowest BCUT2D eigenvalue weighted by atomic mass is 10.1. The Kier molecular flexibility index (Phi) is 5.69. The van der Waals surface area contributed by atoms with Gasteiger partial charge in [-0.1, -0.05) is 29.3 Å². The first-order valence-electron chi connectivity index (χ1n) is 6.90. The van der Waals surface area contributed by atoms with Gasteiger partial charge in [-0.2, -0.15) is 0 Å². The summed E-state index contributed by atoms with van der Waals surface area (Å²) in [5.74, 6) is -0.495. The molecule has 1 aromatic carbocycles. The number of carboxylic acid groups (broad SMARTS) is 1. The fraction of sp³-hybridized carbons (Fsp3) is 0.250. The van der Waals surface area contributed by atoms with Crippen molar-refractivity contribution in [3.63, 3.8) is 0 Å². The molecule has 0 radical (unpaired) electrons. The van der Waals surface area contributed by atoms with E-state index in [2.05, 4.69) is 5.32 Å². The minimum Gasteiger partial charge on any atom is -0.478 e. The number of aromatic carboxylic acids is 1. The lowest BCUT2D eigenvalue weighted by Gasteiger charge is -2.05. The van der Waals surface area contributed by atoms with E-state index in [4.69, 9.17) is 32.7 Å². The number of halogens is 2. The first-order valence-corrected chi connectivity index (χ1v) is 7.65. The molecule has 122 valence electrons. The van der Waals surface area contributed by atoms with Crippen molar-refractivity contribution in [1.82, 2.24) is 5.32 Å². The van der Waals surface area contributed by atoms with Gasteiger partial charge >= 0.3 is 5.97 Å². The topological polar surface area (TPSA) is 79.5 Å². The fourth-order valence-corrected chi connectivity index (χ4v) is 2.39. The maximum Gasteiger partial charge on any atom is 0.339 e. The molecule has 7 heteroatoms. The SMILES string of the molecule is Cc1oc(CNC(=O)CCc2ccc(Cl)c(Cl)c2)cc1C(=O)O. The zero-order valence-electron chi connectivity index (χ0n) is 12.4. The standard InChI is InChI=1S/C16H15Cl2NO4/c1-9-12(16(21)22)7-11(23-9)8-19-15(20)5-3-10-2-4-13(17)14(18)6-10/h2,4,6-7H,3,5,8H2,1H3,(H,19,20)(H,21,22). The molecule has 5 nitrogen and oxygen atoms in total. The maximum absolute atomic E-state index is 11.8. The maximum atomic E-state index is 11.8. The number of hydrogen-bond donors (Lipinski definition) is 2. The molecule has 1 amide bonds. The summed E-state index contributed by atoms with van der Waals surface area (Å²) < 4.78 is 5.29. The first-order chi connectivity index (χ1) is 10.9. The average Bonchev–Trinajstić information content (AvgIpc) is 2.87. The highest BCUT2D eigenvalue weighted by atomic mass is 35.5. The van der Waals surface area contributed by atoms with Crippen molar-refractivity contribution in [2.45, 2.75) is 26.3 Å². The summed E-state index contributed by atoms with van der Waals surface area (Å²) in [5, 5.41) is 12.6. The summed E-state index contributed by atoms with van der Waals surface area (Å²) in [7, 11) is 0. The molecule has 1 aromatic heterocycles. The quantitative estimate of drug-likeness (QED) is 0.824. The van der Waals surface area contributed by atoms with Gasteiger partial charge < -0.3 is 14.8 Å². The number of hydrogen-bond acceptors (Lipinski definition) is 3. The second-order valence-corrected chi connectivity index (χ2v) is 5.83. The van der Waals surface area contributed by atoms with Crippen LogP contribution in [-0.2, 0) is 17.8 Å². The molecule has 0 fully saturated rings. The summed E-state index contributed by atoms with van der Waals surface area (Å²) in [6.45, 7) is 1.72. The van der Waals surface area contributed by atoms with Crippen LogP contribution in [0.25, 0.3) is 0 Å². The second kappa shape index (κ2) is 7.53. The summed E-state index contributed by atoms with van der Waals surface area (Å²) in [6.07, 6.45) is 0.809. The number of aryl methyl sites for hydroxylation is 2. The Morgan fingerprint density at radius 3 is 2.57 bits per heavy atom. The highest BCUT2D eigenvalue weighted by Gasteiger charge is 2.14. The van der Waals surface area contributed by atoms with E-state index in [1.165, 1.54) is 6.07 Å². The van der Waals surface area contributed by atoms with E-state index in [1.807, 2.05) is 6.07 Å². The summed E-state index contributed by atoms with van der Waals surface area (Å²) in [4.78, 5) is 22.8. The normalized spacial score (nSPS) is 10.6. The van der Waals surface area contributed by atoms with Crippen LogP contribution in [0, 0.1) is 6.92 Å². The summed E-state index contributed by atoms with van der Waals surface area (Å²) in [6, 6.07) is 6.65. The molecule has 0 spiro atoms. The third-order valence-corrected chi connectivity index (χ3v) is 4.02. The van der Waals surface area contributed by atoms with Crippen molar-refractivity contribution in [2.24, 2.45) is 0 Å². The van der Waals surface area contributed by atoms with E-state index in [0.717, 1.165) is 5.56 Å².